The second kappa shape index (κ2) is 4.58. The molecule has 7 heteroatoms. The van der Waals surface area contributed by atoms with E-state index in [1.54, 1.807) is 30.7 Å². The first-order valence-corrected chi connectivity index (χ1v) is 7.03. The number of phenolic OH excluding ortho intramolecular Hbond substituents is 1. The Bertz CT molecular complexity index is 707. The number of nitrogens with zero attached hydrogens (tertiary/aromatic N) is 3. The van der Waals surface area contributed by atoms with Crippen LogP contribution in [0.3, 0.4) is 0 Å². The van der Waals surface area contributed by atoms with Gasteiger partial charge >= 0.3 is 0 Å². The molecular weight excluding hydrogens is 266 g/mol. The lowest BCUT2D eigenvalue weighted by molar-refractivity contribution is 0.471. The van der Waals surface area contributed by atoms with E-state index in [1.165, 1.54) is 25.6 Å². The van der Waals surface area contributed by atoms with E-state index in [4.69, 9.17) is 0 Å². The van der Waals surface area contributed by atoms with Crippen molar-refractivity contribution in [3.05, 3.63) is 36.3 Å². The third-order valence-electron chi connectivity index (χ3n) is 2.85. The molecule has 1 N–H and O–H groups in total. The predicted octanol–water partition coefficient (Wildman–Crippen LogP) is 1.26. The zero-order valence-electron chi connectivity index (χ0n) is 10.9. The van der Waals surface area contributed by atoms with Gasteiger partial charge in [0.15, 0.2) is 5.03 Å². The first kappa shape index (κ1) is 13.4. The van der Waals surface area contributed by atoms with Crippen LogP contribution in [0.25, 0.3) is 0 Å². The largest absolute Gasteiger partial charge is 0.508 e. The Balaban J connectivity index is 2.43. The number of hydrogen-bond donors (Lipinski definition) is 1. The van der Waals surface area contributed by atoms with Crippen LogP contribution in [-0.4, -0.2) is 30.1 Å². The Hall–Kier alpha value is -2.02. The smallest absolute Gasteiger partial charge is 0.283 e. The van der Waals surface area contributed by atoms with E-state index in [0.717, 1.165) is 4.31 Å². The van der Waals surface area contributed by atoms with Gasteiger partial charge in [0.1, 0.15) is 5.75 Å². The first-order chi connectivity index (χ1) is 8.82. The van der Waals surface area contributed by atoms with E-state index >= 15 is 0 Å². The molecule has 0 saturated heterocycles. The van der Waals surface area contributed by atoms with Crippen LogP contribution >= 0.6 is 0 Å². The molecule has 0 fully saturated rings. The molecule has 0 radical (unpaired) electrons. The number of rotatable bonds is 3. The molecule has 0 aliphatic carbocycles. The maximum absolute atomic E-state index is 12.3. The number of anilines is 1. The van der Waals surface area contributed by atoms with Crippen molar-refractivity contribution >= 4 is 15.7 Å². The summed E-state index contributed by atoms with van der Waals surface area (Å²) in [7, 11) is -0.522. The fourth-order valence-corrected chi connectivity index (χ4v) is 2.79. The fraction of sp³-hybridized carbons (Fsp3) is 0.250. The molecule has 6 nitrogen and oxygen atoms in total. The molecule has 0 spiro atoms. The zero-order valence-corrected chi connectivity index (χ0v) is 11.7. The van der Waals surface area contributed by atoms with Crippen LogP contribution in [0.5, 0.6) is 5.75 Å². The minimum atomic E-state index is -3.68. The average Bonchev–Trinajstić information content (AvgIpc) is 2.79. The van der Waals surface area contributed by atoms with Crippen LogP contribution in [0.1, 0.15) is 5.56 Å². The van der Waals surface area contributed by atoms with Crippen molar-refractivity contribution in [1.82, 2.24) is 9.55 Å². The van der Waals surface area contributed by atoms with Crippen molar-refractivity contribution in [3.63, 3.8) is 0 Å². The molecule has 2 rings (SSSR count). The summed E-state index contributed by atoms with van der Waals surface area (Å²) in [4.78, 5) is 3.86. The Kier molecular flexibility index (Phi) is 3.23. The molecular formula is C12H15N3O3S. The van der Waals surface area contributed by atoms with Gasteiger partial charge in [0.05, 0.1) is 12.0 Å². The first-order valence-electron chi connectivity index (χ1n) is 5.59. The van der Waals surface area contributed by atoms with Crippen LogP contribution < -0.4 is 4.31 Å². The normalized spacial score (nSPS) is 11.5. The Morgan fingerprint density at radius 2 is 2.05 bits per heavy atom. The van der Waals surface area contributed by atoms with Crippen LogP contribution in [-0.2, 0) is 17.1 Å². The van der Waals surface area contributed by atoms with E-state index in [-0.39, 0.29) is 10.8 Å². The number of hydrogen-bond acceptors (Lipinski definition) is 4. The molecule has 1 aromatic heterocycles. The standard InChI is InChI=1S/C12H15N3O3S/c1-9-6-10(4-5-11(9)16)15(3)19(17,18)12-7-14(2)8-13-12/h4-8,16H,1-3H3. The Morgan fingerprint density at radius 3 is 2.58 bits per heavy atom. The Morgan fingerprint density at radius 1 is 1.37 bits per heavy atom. The summed E-state index contributed by atoms with van der Waals surface area (Å²) in [5, 5.41) is 9.45. The topological polar surface area (TPSA) is 75.4 Å². The lowest BCUT2D eigenvalue weighted by Crippen LogP contribution is -2.26. The SMILES string of the molecule is Cc1cc(N(C)S(=O)(=O)c2cn(C)cn2)ccc1O. The summed E-state index contributed by atoms with van der Waals surface area (Å²) >= 11 is 0. The number of aryl methyl sites for hydroxylation is 2. The molecule has 0 atom stereocenters. The van der Waals surface area contributed by atoms with Crippen molar-refractivity contribution in [2.75, 3.05) is 11.4 Å². The number of imidazole rings is 1. The molecule has 2 aromatic rings. The van der Waals surface area contributed by atoms with Crippen molar-refractivity contribution in [2.24, 2.45) is 7.05 Å². The van der Waals surface area contributed by atoms with Crippen LogP contribution in [0.4, 0.5) is 5.69 Å². The number of aromatic nitrogens is 2. The third-order valence-corrected chi connectivity index (χ3v) is 4.52. The number of phenols is 1. The molecule has 0 saturated carbocycles. The molecule has 1 aromatic carbocycles. The predicted molar refractivity (Wildman–Crippen MR) is 71.6 cm³/mol. The van der Waals surface area contributed by atoms with Crippen LogP contribution in [0.15, 0.2) is 35.7 Å². The van der Waals surface area contributed by atoms with Gasteiger partial charge in [-0.15, -0.1) is 0 Å². The van der Waals surface area contributed by atoms with Gasteiger partial charge in [-0.1, -0.05) is 0 Å². The van der Waals surface area contributed by atoms with Gasteiger partial charge in [0.2, 0.25) is 0 Å². The second-order valence-electron chi connectivity index (χ2n) is 4.32. The zero-order chi connectivity index (χ0) is 14.2. The highest BCUT2D eigenvalue weighted by atomic mass is 32.2. The summed E-state index contributed by atoms with van der Waals surface area (Å²) in [6.07, 6.45) is 2.88. The van der Waals surface area contributed by atoms with E-state index in [0.29, 0.717) is 11.3 Å². The van der Waals surface area contributed by atoms with Gasteiger partial charge in [0, 0.05) is 20.3 Å². The van der Waals surface area contributed by atoms with Crippen molar-refractivity contribution in [3.8, 4) is 5.75 Å². The molecule has 0 bridgehead atoms. The van der Waals surface area contributed by atoms with Crippen LogP contribution in [0.2, 0.25) is 0 Å². The minimum absolute atomic E-state index is 0.0109. The fourth-order valence-electron chi connectivity index (χ4n) is 1.64. The van der Waals surface area contributed by atoms with E-state index in [2.05, 4.69) is 4.98 Å². The van der Waals surface area contributed by atoms with Gasteiger partial charge in [-0.05, 0) is 30.7 Å². The second-order valence-corrected chi connectivity index (χ2v) is 6.24. The van der Waals surface area contributed by atoms with E-state index < -0.39 is 10.0 Å². The lowest BCUT2D eigenvalue weighted by Gasteiger charge is -2.18. The summed E-state index contributed by atoms with van der Waals surface area (Å²) < 4.78 is 27.4. The number of aromatic hydroxyl groups is 1. The van der Waals surface area contributed by atoms with Crippen molar-refractivity contribution in [2.45, 2.75) is 11.9 Å². The molecule has 1 heterocycles. The van der Waals surface area contributed by atoms with Crippen LogP contribution in [0, 0.1) is 6.92 Å². The highest BCUT2D eigenvalue weighted by Gasteiger charge is 2.23. The quantitative estimate of drug-likeness (QED) is 0.919. The highest BCUT2D eigenvalue weighted by Crippen LogP contribution is 2.26. The third kappa shape index (κ3) is 2.41. The van der Waals surface area contributed by atoms with Gasteiger partial charge in [-0.25, -0.2) is 4.98 Å². The number of benzene rings is 1. The van der Waals surface area contributed by atoms with E-state index in [9.17, 15) is 13.5 Å². The maximum Gasteiger partial charge on any atom is 0.283 e. The van der Waals surface area contributed by atoms with Crippen molar-refractivity contribution in [1.29, 1.82) is 0 Å². The van der Waals surface area contributed by atoms with Gasteiger partial charge in [0.25, 0.3) is 10.0 Å². The molecule has 102 valence electrons. The van der Waals surface area contributed by atoms with Gasteiger partial charge in [-0.2, -0.15) is 8.42 Å². The minimum Gasteiger partial charge on any atom is -0.508 e. The summed E-state index contributed by atoms with van der Waals surface area (Å²) in [6.45, 7) is 1.71. The molecule has 0 amide bonds. The number of sulfonamides is 1. The maximum atomic E-state index is 12.3. The molecule has 19 heavy (non-hydrogen) atoms. The Labute approximate surface area is 112 Å². The summed E-state index contributed by atoms with van der Waals surface area (Å²) in [5.41, 5.74) is 1.08. The molecule has 0 aliphatic heterocycles. The van der Waals surface area contributed by atoms with Gasteiger partial charge in [-0.3, -0.25) is 4.31 Å². The van der Waals surface area contributed by atoms with Crippen molar-refractivity contribution < 1.29 is 13.5 Å². The summed E-state index contributed by atoms with van der Waals surface area (Å²) in [6, 6.07) is 4.62. The molecule has 0 unspecified atom stereocenters. The van der Waals surface area contributed by atoms with E-state index in [1.807, 2.05) is 0 Å². The monoisotopic (exact) mass is 281 g/mol. The highest BCUT2D eigenvalue weighted by molar-refractivity contribution is 7.92. The lowest BCUT2D eigenvalue weighted by atomic mass is 10.2. The summed E-state index contributed by atoms with van der Waals surface area (Å²) in [5.74, 6) is 0.132. The molecule has 0 aliphatic rings. The average molecular weight is 281 g/mol. The van der Waals surface area contributed by atoms with Gasteiger partial charge < -0.3 is 9.67 Å².